The van der Waals surface area contributed by atoms with Crippen LogP contribution in [0.15, 0.2) is 158 Å². The molecule has 248 valence electrons. The molecule has 0 spiro atoms. The number of aliphatic carboxylic acids is 2. The Morgan fingerprint density at radius 3 is 0.857 bits per heavy atom. The molecule has 0 saturated carbocycles. The molecule has 6 rings (SSSR count). The van der Waals surface area contributed by atoms with Gasteiger partial charge in [-0.05, 0) is 97.6 Å². The summed E-state index contributed by atoms with van der Waals surface area (Å²) < 4.78 is 0. The van der Waals surface area contributed by atoms with Crippen molar-refractivity contribution in [3.8, 4) is 11.1 Å². The Hall–Kier alpha value is -4.26. The maximum absolute atomic E-state index is 8.89. The zero-order chi connectivity index (χ0) is 34.5. The molecule has 0 saturated heterocycles. The van der Waals surface area contributed by atoms with Gasteiger partial charge in [0.25, 0.3) is 0 Å². The monoisotopic (exact) mass is 770 g/mol. The third-order valence-corrected chi connectivity index (χ3v) is 12.3. The van der Waals surface area contributed by atoms with Crippen molar-refractivity contribution >= 4 is 59.6 Å². The number of carbonyl (C=O) groups excluding carboxylic acids is 2. The Morgan fingerprint density at radius 2 is 0.633 bits per heavy atom. The number of aryl methyl sites for hydroxylation is 2. The number of carbonyl (C=O) groups is 2. The van der Waals surface area contributed by atoms with Crippen molar-refractivity contribution < 1.29 is 39.3 Å². The van der Waals surface area contributed by atoms with Gasteiger partial charge in [-0.1, -0.05) is 158 Å². The summed E-state index contributed by atoms with van der Waals surface area (Å²) in [6, 6.07) is 58.0. The fraction of sp³-hybridized carbons (Fsp3) is 0.0952. The predicted octanol–water partition coefficient (Wildman–Crippen LogP) is 5.00. The number of hydrogen-bond donors (Lipinski definition) is 0. The van der Waals surface area contributed by atoms with Crippen molar-refractivity contribution in [2.45, 2.75) is 27.7 Å². The summed E-state index contributed by atoms with van der Waals surface area (Å²) in [6.07, 6.45) is 0. The molecular weight excluding hydrogens is 731 g/mol. The number of carboxylic acid groups (broad SMARTS) is 2. The van der Waals surface area contributed by atoms with E-state index in [-0.39, 0.29) is 19.5 Å². The molecule has 0 amide bonds. The quantitative estimate of drug-likeness (QED) is 0.169. The topological polar surface area (TPSA) is 80.3 Å². The van der Waals surface area contributed by atoms with E-state index in [4.69, 9.17) is 19.8 Å². The zero-order valence-corrected chi connectivity index (χ0v) is 31.4. The molecule has 0 fully saturated rings. The molecule has 0 heterocycles. The summed E-state index contributed by atoms with van der Waals surface area (Å²) >= 11 is 0. The molecule has 0 unspecified atom stereocenters. The van der Waals surface area contributed by atoms with Gasteiger partial charge in [-0.2, -0.15) is 0 Å². The predicted molar refractivity (Wildman–Crippen MR) is 200 cm³/mol. The zero-order valence-electron chi connectivity index (χ0n) is 27.9. The number of rotatable bonds is 7. The summed E-state index contributed by atoms with van der Waals surface area (Å²) in [4.78, 5) is 17.8. The van der Waals surface area contributed by atoms with Gasteiger partial charge in [-0.3, -0.25) is 0 Å². The van der Waals surface area contributed by atoms with E-state index in [9.17, 15) is 0 Å². The van der Waals surface area contributed by atoms with E-state index in [1.54, 1.807) is 0 Å². The fourth-order valence-electron chi connectivity index (χ4n) is 5.49. The fourth-order valence-corrected chi connectivity index (χ4v) is 10.6. The van der Waals surface area contributed by atoms with Crippen LogP contribution >= 0.6 is 15.8 Å². The summed E-state index contributed by atoms with van der Waals surface area (Å²) in [6.45, 7) is 6.51. The first-order valence-corrected chi connectivity index (χ1v) is 18.2. The van der Waals surface area contributed by atoms with Crippen molar-refractivity contribution in [3.63, 3.8) is 0 Å². The largest absolute Gasteiger partial charge is 2.00 e. The van der Waals surface area contributed by atoms with E-state index < -0.39 is 27.8 Å². The van der Waals surface area contributed by atoms with Gasteiger partial charge in [0.1, 0.15) is 0 Å². The molecule has 6 aromatic rings. The van der Waals surface area contributed by atoms with Crippen LogP contribution in [-0.2, 0) is 29.1 Å². The summed E-state index contributed by atoms with van der Waals surface area (Å²) in [5, 5.41) is 26.1. The van der Waals surface area contributed by atoms with Crippen molar-refractivity contribution in [2.24, 2.45) is 0 Å². The van der Waals surface area contributed by atoms with E-state index in [1.807, 2.05) is 0 Å². The van der Waals surface area contributed by atoms with Gasteiger partial charge >= 0.3 is 19.5 Å². The molecule has 0 radical (unpaired) electrons. The standard InChI is InChI=1S/C38H32P2.2C2H4O2.Ru/c1-29-17-15-27-35(39(31-19-7-3-8-20-31)32-21-9-4-10-22-32)37(29)38-30(2)18-16-28-36(38)40(33-23-11-5-12-24-33)34-25-13-6-14-26-34;2*1-2(3)4;/h3-28H,1-2H3;2*1H3,(H,3,4);/q;;;+2/p-2. The first kappa shape index (κ1) is 39.2. The van der Waals surface area contributed by atoms with Gasteiger partial charge in [0.05, 0.1) is 0 Å². The Bertz CT molecular complexity index is 1690. The molecule has 0 aliphatic rings. The van der Waals surface area contributed by atoms with E-state index in [0.29, 0.717) is 0 Å². The Morgan fingerprint density at radius 1 is 0.408 bits per heavy atom. The van der Waals surface area contributed by atoms with Gasteiger partial charge in [0, 0.05) is 11.9 Å². The Kier molecular flexibility index (Phi) is 15.7. The molecule has 6 aromatic carbocycles. The molecule has 0 bridgehead atoms. The van der Waals surface area contributed by atoms with Gasteiger partial charge < -0.3 is 19.8 Å². The molecule has 0 aromatic heterocycles. The maximum atomic E-state index is 8.89. The first-order valence-electron chi connectivity index (χ1n) is 15.5. The van der Waals surface area contributed by atoms with Crippen LogP contribution in [-0.4, -0.2) is 11.9 Å². The minimum absolute atomic E-state index is 0. The summed E-state index contributed by atoms with van der Waals surface area (Å²) in [5.41, 5.74) is 5.41. The van der Waals surface area contributed by atoms with Crippen molar-refractivity contribution in [1.29, 1.82) is 0 Å². The van der Waals surface area contributed by atoms with Gasteiger partial charge in [0.15, 0.2) is 0 Å². The summed E-state index contributed by atoms with van der Waals surface area (Å²) in [5.74, 6) is -2.17. The van der Waals surface area contributed by atoms with Crippen LogP contribution in [0.25, 0.3) is 11.1 Å². The van der Waals surface area contributed by atoms with Gasteiger partial charge in [-0.15, -0.1) is 0 Å². The van der Waals surface area contributed by atoms with Crippen molar-refractivity contribution in [3.05, 3.63) is 169 Å². The van der Waals surface area contributed by atoms with E-state index in [1.165, 1.54) is 54.1 Å². The molecule has 0 atom stereocenters. The summed E-state index contributed by atoms with van der Waals surface area (Å²) in [7, 11) is -1.50. The molecule has 0 aliphatic carbocycles. The second-order valence-corrected chi connectivity index (χ2v) is 15.3. The second kappa shape index (κ2) is 19.7. The molecule has 7 heteroatoms. The first-order chi connectivity index (χ1) is 23.2. The Labute approximate surface area is 305 Å². The molecular formula is C42H38O4P2Ru. The Balaban J connectivity index is 0.000000654. The molecule has 0 aliphatic heterocycles. The average molecular weight is 770 g/mol. The van der Waals surface area contributed by atoms with Crippen LogP contribution in [0.4, 0.5) is 0 Å². The van der Waals surface area contributed by atoms with E-state index in [0.717, 1.165) is 13.8 Å². The second-order valence-electron chi connectivity index (χ2n) is 10.9. The normalized spacial score (nSPS) is 10.2. The number of hydrogen-bond acceptors (Lipinski definition) is 4. The molecule has 0 N–H and O–H groups in total. The van der Waals surface area contributed by atoms with Crippen LogP contribution in [0.3, 0.4) is 0 Å². The van der Waals surface area contributed by atoms with E-state index in [2.05, 4.69) is 172 Å². The smallest absolute Gasteiger partial charge is 0.550 e. The van der Waals surface area contributed by atoms with Crippen LogP contribution in [0.5, 0.6) is 0 Å². The maximum Gasteiger partial charge on any atom is 2.00 e. The number of carboxylic acids is 2. The third kappa shape index (κ3) is 10.9. The van der Waals surface area contributed by atoms with Crippen LogP contribution in [0.1, 0.15) is 25.0 Å². The SMILES string of the molecule is CC(=O)[O-].CC(=O)[O-].Cc1cccc(P(c2ccccc2)c2ccccc2)c1-c1c(C)cccc1P(c1ccccc1)c1ccccc1.[Ru+2]. The number of benzene rings is 6. The van der Waals surface area contributed by atoms with Gasteiger partial charge in [0.2, 0.25) is 0 Å². The van der Waals surface area contributed by atoms with Crippen molar-refractivity contribution in [1.82, 2.24) is 0 Å². The average Bonchev–Trinajstić information content (AvgIpc) is 3.07. The van der Waals surface area contributed by atoms with Crippen LogP contribution in [0.2, 0.25) is 0 Å². The minimum atomic E-state index is -1.08. The third-order valence-electron chi connectivity index (χ3n) is 7.29. The van der Waals surface area contributed by atoms with E-state index >= 15 is 0 Å². The van der Waals surface area contributed by atoms with Crippen LogP contribution in [0, 0.1) is 13.8 Å². The van der Waals surface area contributed by atoms with Crippen LogP contribution < -0.4 is 42.0 Å². The van der Waals surface area contributed by atoms with Gasteiger partial charge in [-0.25, -0.2) is 0 Å². The van der Waals surface area contributed by atoms with Crippen molar-refractivity contribution in [2.75, 3.05) is 0 Å². The minimum Gasteiger partial charge on any atom is -0.550 e. The molecule has 4 nitrogen and oxygen atoms in total. The molecule has 49 heavy (non-hydrogen) atoms.